The van der Waals surface area contributed by atoms with Crippen molar-refractivity contribution in [3.05, 3.63) is 18.2 Å². The Bertz CT molecular complexity index is 361. The first-order chi connectivity index (χ1) is 8.08. The molecule has 2 heterocycles. The van der Waals surface area contributed by atoms with Crippen molar-refractivity contribution in [3.63, 3.8) is 0 Å². The molecule has 0 aliphatic carbocycles. The van der Waals surface area contributed by atoms with E-state index in [2.05, 4.69) is 35.2 Å². The van der Waals surface area contributed by atoms with Crippen LogP contribution in [0.1, 0.15) is 39.1 Å². The number of likely N-dealkylation sites (tertiary alicyclic amines) is 1. The van der Waals surface area contributed by atoms with Crippen LogP contribution >= 0.6 is 0 Å². The molecule has 0 bridgehead atoms. The maximum atomic E-state index is 9.89. The highest BCUT2D eigenvalue weighted by atomic mass is 16.3. The van der Waals surface area contributed by atoms with Crippen LogP contribution in [0.3, 0.4) is 0 Å². The van der Waals surface area contributed by atoms with Gasteiger partial charge in [-0.15, -0.1) is 0 Å². The minimum absolute atomic E-state index is 0.189. The Kier molecular flexibility index (Phi) is 3.84. The van der Waals surface area contributed by atoms with E-state index in [1.807, 2.05) is 12.4 Å². The van der Waals surface area contributed by atoms with Gasteiger partial charge in [0.15, 0.2) is 0 Å². The van der Waals surface area contributed by atoms with Crippen LogP contribution in [0.2, 0.25) is 0 Å². The normalized spacial score (nSPS) is 26.6. The average molecular weight is 237 g/mol. The van der Waals surface area contributed by atoms with Crippen LogP contribution in [-0.4, -0.2) is 38.8 Å². The summed E-state index contributed by atoms with van der Waals surface area (Å²) in [6.07, 6.45) is 4.77. The predicted molar refractivity (Wildman–Crippen MR) is 67.7 cm³/mol. The van der Waals surface area contributed by atoms with E-state index in [-0.39, 0.29) is 6.10 Å². The molecule has 2 unspecified atom stereocenters. The maximum absolute atomic E-state index is 9.89. The quantitative estimate of drug-likeness (QED) is 0.869. The summed E-state index contributed by atoms with van der Waals surface area (Å²) < 4.78 is 2.20. The van der Waals surface area contributed by atoms with E-state index in [0.29, 0.717) is 12.0 Å². The van der Waals surface area contributed by atoms with Crippen molar-refractivity contribution in [3.8, 4) is 0 Å². The average Bonchev–Trinajstić information content (AvgIpc) is 2.72. The molecule has 1 aliphatic rings. The smallest absolute Gasteiger partial charge is 0.123 e. The van der Waals surface area contributed by atoms with Crippen molar-refractivity contribution in [1.29, 1.82) is 0 Å². The fourth-order valence-electron chi connectivity index (χ4n) is 2.39. The Hall–Kier alpha value is -0.870. The topological polar surface area (TPSA) is 41.3 Å². The first kappa shape index (κ1) is 12.6. The molecule has 1 aromatic heterocycles. The zero-order valence-corrected chi connectivity index (χ0v) is 11.0. The number of aliphatic hydroxyl groups excluding tert-OH is 1. The molecule has 17 heavy (non-hydrogen) atoms. The summed E-state index contributed by atoms with van der Waals surface area (Å²) in [5.41, 5.74) is 0. The standard InChI is InChI=1S/C13H23N3O/c1-10(2)16-7-5-14-13(16)9-15-6-4-11(3)12(17)8-15/h5,7,10-12,17H,4,6,8-9H2,1-3H3. The van der Waals surface area contributed by atoms with Crippen LogP contribution in [0.4, 0.5) is 0 Å². The van der Waals surface area contributed by atoms with Crippen molar-refractivity contribution in [2.45, 2.75) is 45.9 Å². The number of hydrogen-bond acceptors (Lipinski definition) is 3. The largest absolute Gasteiger partial charge is 0.392 e. The SMILES string of the molecule is CC1CCN(Cc2nccn2C(C)C)CC1O. The van der Waals surface area contributed by atoms with Gasteiger partial charge in [0.1, 0.15) is 5.82 Å². The lowest BCUT2D eigenvalue weighted by atomic mass is 9.96. The first-order valence-electron chi connectivity index (χ1n) is 6.50. The van der Waals surface area contributed by atoms with Crippen LogP contribution in [0.25, 0.3) is 0 Å². The molecule has 1 saturated heterocycles. The highest BCUT2D eigenvalue weighted by molar-refractivity contribution is 4.95. The molecule has 96 valence electrons. The van der Waals surface area contributed by atoms with Crippen molar-refractivity contribution < 1.29 is 5.11 Å². The molecule has 0 saturated carbocycles. The van der Waals surface area contributed by atoms with Crippen molar-refractivity contribution in [2.75, 3.05) is 13.1 Å². The van der Waals surface area contributed by atoms with E-state index in [9.17, 15) is 5.11 Å². The van der Waals surface area contributed by atoms with E-state index in [1.54, 1.807) is 0 Å². The predicted octanol–water partition coefficient (Wildman–Crippen LogP) is 1.67. The van der Waals surface area contributed by atoms with E-state index >= 15 is 0 Å². The molecule has 0 aromatic carbocycles. The van der Waals surface area contributed by atoms with Crippen molar-refractivity contribution >= 4 is 0 Å². The molecule has 2 atom stereocenters. The zero-order chi connectivity index (χ0) is 12.4. The molecular weight excluding hydrogens is 214 g/mol. The second-order valence-electron chi connectivity index (χ2n) is 5.41. The van der Waals surface area contributed by atoms with E-state index in [0.717, 1.165) is 31.9 Å². The Labute approximate surface area is 103 Å². The Morgan fingerprint density at radius 3 is 2.94 bits per heavy atom. The highest BCUT2D eigenvalue weighted by Crippen LogP contribution is 2.19. The minimum atomic E-state index is -0.189. The van der Waals surface area contributed by atoms with E-state index < -0.39 is 0 Å². The molecule has 1 aromatic rings. The summed E-state index contributed by atoms with van der Waals surface area (Å²) in [6, 6.07) is 0.445. The number of β-amino-alcohol motifs (C(OH)–C–C–N with tert-alkyl or cyclic N) is 1. The summed E-state index contributed by atoms with van der Waals surface area (Å²) in [4.78, 5) is 6.71. The summed E-state index contributed by atoms with van der Waals surface area (Å²) in [5, 5.41) is 9.89. The molecule has 2 rings (SSSR count). The third-order valence-electron chi connectivity index (χ3n) is 3.67. The summed E-state index contributed by atoms with van der Waals surface area (Å²) in [6.45, 7) is 9.12. The second-order valence-corrected chi connectivity index (χ2v) is 5.41. The van der Waals surface area contributed by atoms with Gasteiger partial charge < -0.3 is 9.67 Å². The van der Waals surface area contributed by atoms with Gasteiger partial charge in [-0.3, -0.25) is 4.90 Å². The zero-order valence-electron chi connectivity index (χ0n) is 11.0. The molecule has 1 N–H and O–H groups in total. The van der Waals surface area contributed by atoms with Gasteiger partial charge in [0, 0.05) is 25.0 Å². The van der Waals surface area contributed by atoms with Gasteiger partial charge in [0.25, 0.3) is 0 Å². The Morgan fingerprint density at radius 2 is 2.29 bits per heavy atom. The first-order valence-corrected chi connectivity index (χ1v) is 6.50. The number of hydrogen-bond donors (Lipinski definition) is 1. The van der Waals surface area contributed by atoms with Crippen molar-refractivity contribution in [2.24, 2.45) is 5.92 Å². The monoisotopic (exact) mass is 237 g/mol. The van der Waals surface area contributed by atoms with Gasteiger partial charge in [0.05, 0.1) is 12.6 Å². The number of imidazole rings is 1. The lowest BCUT2D eigenvalue weighted by Gasteiger charge is -2.34. The van der Waals surface area contributed by atoms with Gasteiger partial charge >= 0.3 is 0 Å². The summed E-state index contributed by atoms with van der Waals surface area (Å²) in [7, 11) is 0. The fraction of sp³-hybridized carbons (Fsp3) is 0.769. The summed E-state index contributed by atoms with van der Waals surface area (Å²) >= 11 is 0. The third-order valence-corrected chi connectivity index (χ3v) is 3.67. The molecule has 1 aliphatic heterocycles. The number of aromatic nitrogens is 2. The molecule has 4 nitrogen and oxygen atoms in total. The second kappa shape index (κ2) is 5.19. The molecule has 1 fully saturated rings. The van der Waals surface area contributed by atoms with Gasteiger partial charge in [0.2, 0.25) is 0 Å². The van der Waals surface area contributed by atoms with Gasteiger partial charge in [-0.05, 0) is 32.7 Å². The van der Waals surface area contributed by atoms with Crippen LogP contribution in [0.5, 0.6) is 0 Å². The summed E-state index contributed by atoms with van der Waals surface area (Å²) in [5.74, 6) is 1.53. The maximum Gasteiger partial charge on any atom is 0.123 e. The fourth-order valence-corrected chi connectivity index (χ4v) is 2.39. The minimum Gasteiger partial charge on any atom is -0.392 e. The van der Waals surface area contributed by atoms with Crippen LogP contribution in [0, 0.1) is 5.92 Å². The molecule has 0 radical (unpaired) electrons. The number of aliphatic hydroxyl groups is 1. The molecular formula is C13H23N3O. The third kappa shape index (κ3) is 2.87. The number of rotatable bonds is 3. The van der Waals surface area contributed by atoms with Crippen molar-refractivity contribution in [1.82, 2.24) is 14.5 Å². The van der Waals surface area contributed by atoms with Crippen LogP contribution in [-0.2, 0) is 6.54 Å². The van der Waals surface area contributed by atoms with Gasteiger partial charge in [-0.2, -0.15) is 0 Å². The number of piperidine rings is 1. The lowest BCUT2D eigenvalue weighted by molar-refractivity contribution is 0.0244. The molecule has 0 amide bonds. The van der Waals surface area contributed by atoms with E-state index in [1.165, 1.54) is 0 Å². The van der Waals surface area contributed by atoms with E-state index in [4.69, 9.17) is 0 Å². The van der Waals surface area contributed by atoms with Crippen LogP contribution < -0.4 is 0 Å². The molecule has 0 spiro atoms. The Morgan fingerprint density at radius 1 is 1.53 bits per heavy atom. The molecule has 4 heteroatoms. The Balaban J connectivity index is 1.99. The number of nitrogens with zero attached hydrogens (tertiary/aromatic N) is 3. The van der Waals surface area contributed by atoms with Crippen LogP contribution in [0.15, 0.2) is 12.4 Å². The van der Waals surface area contributed by atoms with Gasteiger partial charge in [-0.25, -0.2) is 4.98 Å². The highest BCUT2D eigenvalue weighted by Gasteiger charge is 2.25. The lowest BCUT2D eigenvalue weighted by Crippen LogP contribution is -2.42. The van der Waals surface area contributed by atoms with Gasteiger partial charge in [-0.1, -0.05) is 6.92 Å².